The maximum atomic E-state index is 13.5. The molecule has 114 valence electrons. The molecular formula is C16H14F3N3. The summed E-state index contributed by atoms with van der Waals surface area (Å²) in [6.45, 7) is 0.983. The third kappa shape index (κ3) is 2.57. The van der Waals surface area contributed by atoms with E-state index in [2.05, 4.69) is 4.98 Å². The summed E-state index contributed by atoms with van der Waals surface area (Å²) >= 11 is 0. The van der Waals surface area contributed by atoms with Crippen molar-refractivity contribution in [1.82, 2.24) is 9.55 Å². The molecule has 6 heteroatoms. The first-order valence-electron chi connectivity index (χ1n) is 6.91. The van der Waals surface area contributed by atoms with Gasteiger partial charge in [-0.05, 0) is 37.2 Å². The number of rotatable bonds is 4. The van der Waals surface area contributed by atoms with Gasteiger partial charge in [0, 0.05) is 24.2 Å². The summed E-state index contributed by atoms with van der Waals surface area (Å²) < 4.78 is 41.8. The van der Waals surface area contributed by atoms with Crippen LogP contribution in [0.3, 0.4) is 0 Å². The fraction of sp³-hybridized carbons (Fsp3) is 0.188. The van der Waals surface area contributed by atoms with Gasteiger partial charge in [0.05, 0.1) is 11.0 Å². The van der Waals surface area contributed by atoms with Gasteiger partial charge in [0.25, 0.3) is 0 Å². The molecule has 0 aliphatic rings. The third-order valence-electron chi connectivity index (χ3n) is 3.48. The van der Waals surface area contributed by atoms with Crippen LogP contribution in [0.15, 0.2) is 36.4 Å². The number of nitrogens with two attached hydrogens (primary N) is 1. The molecule has 0 saturated carbocycles. The number of fused-ring (bicyclic) bond motifs is 1. The number of aromatic nitrogens is 2. The first-order valence-corrected chi connectivity index (χ1v) is 6.91. The number of nitrogens with zero attached hydrogens (tertiary/aromatic N) is 2. The second-order valence-corrected chi connectivity index (χ2v) is 4.99. The number of hydrogen-bond donors (Lipinski definition) is 1. The Kier molecular flexibility index (Phi) is 3.85. The Labute approximate surface area is 125 Å². The van der Waals surface area contributed by atoms with Crippen molar-refractivity contribution >= 4 is 11.0 Å². The Bertz CT molecular complexity index is 810. The van der Waals surface area contributed by atoms with Crippen molar-refractivity contribution in [2.75, 3.05) is 6.54 Å². The van der Waals surface area contributed by atoms with Gasteiger partial charge in [0.2, 0.25) is 0 Å². The second kappa shape index (κ2) is 5.81. The van der Waals surface area contributed by atoms with Crippen molar-refractivity contribution in [3.05, 3.63) is 53.8 Å². The van der Waals surface area contributed by atoms with Gasteiger partial charge in [-0.3, -0.25) is 0 Å². The molecule has 1 heterocycles. The Hall–Kier alpha value is -2.34. The lowest BCUT2D eigenvalue weighted by atomic mass is 10.2. The van der Waals surface area contributed by atoms with Crippen molar-refractivity contribution in [1.29, 1.82) is 0 Å². The average Bonchev–Trinajstić information content (AvgIpc) is 2.84. The molecule has 0 aliphatic carbocycles. The Balaban J connectivity index is 2.21. The highest BCUT2D eigenvalue weighted by molar-refractivity contribution is 5.80. The molecule has 0 radical (unpaired) electrons. The fourth-order valence-electron chi connectivity index (χ4n) is 2.42. The van der Waals surface area contributed by atoms with Crippen molar-refractivity contribution in [3.8, 4) is 11.4 Å². The largest absolute Gasteiger partial charge is 0.330 e. The topological polar surface area (TPSA) is 43.8 Å². The van der Waals surface area contributed by atoms with Crippen LogP contribution in [0, 0.1) is 17.5 Å². The monoisotopic (exact) mass is 305 g/mol. The second-order valence-electron chi connectivity index (χ2n) is 4.99. The molecule has 0 saturated heterocycles. The van der Waals surface area contributed by atoms with Crippen LogP contribution in [0.5, 0.6) is 0 Å². The summed E-state index contributed by atoms with van der Waals surface area (Å²) in [4.78, 5) is 4.36. The van der Waals surface area contributed by atoms with Crippen molar-refractivity contribution < 1.29 is 13.2 Å². The van der Waals surface area contributed by atoms with Crippen LogP contribution in [0.25, 0.3) is 22.4 Å². The van der Waals surface area contributed by atoms with Crippen molar-refractivity contribution in [2.24, 2.45) is 5.73 Å². The van der Waals surface area contributed by atoms with E-state index in [1.165, 1.54) is 12.1 Å². The van der Waals surface area contributed by atoms with E-state index >= 15 is 0 Å². The number of benzene rings is 2. The molecule has 3 nitrogen and oxygen atoms in total. The number of halogens is 3. The van der Waals surface area contributed by atoms with Crippen LogP contribution < -0.4 is 5.73 Å². The third-order valence-corrected chi connectivity index (χ3v) is 3.48. The Morgan fingerprint density at radius 1 is 1.00 bits per heavy atom. The molecule has 0 aliphatic heterocycles. The van der Waals surface area contributed by atoms with E-state index in [1.807, 2.05) is 0 Å². The Morgan fingerprint density at radius 3 is 2.36 bits per heavy atom. The molecule has 0 amide bonds. The minimum Gasteiger partial charge on any atom is -0.330 e. The van der Waals surface area contributed by atoms with Gasteiger partial charge < -0.3 is 10.3 Å². The lowest BCUT2D eigenvalue weighted by Crippen LogP contribution is -2.07. The van der Waals surface area contributed by atoms with Crippen LogP contribution in [0.4, 0.5) is 13.2 Å². The standard InChI is InChI=1S/C16H14F3N3/c17-11-4-2-10(3-5-11)16-21-14-8-12(18)13(19)9-15(14)22(16)7-1-6-20/h2-5,8-9H,1,6-7,20H2. The van der Waals surface area contributed by atoms with Gasteiger partial charge in [-0.1, -0.05) is 0 Å². The van der Waals surface area contributed by atoms with E-state index < -0.39 is 11.6 Å². The minimum absolute atomic E-state index is 0.356. The lowest BCUT2D eigenvalue weighted by Gasteiger charge is -2.08. The molecule has 2 N–H and O–H groups in total. The maximum absolute atomic E-state index is 13.5. The van der Waals surface area contributed by atoms with E-state index in [0.29, 0.717) is 41.9 Å². The molecule has 0 spiro atoms. The zero-order valence-electron chi connectivity index (χ0n) is 11.7. The van der Waals surface area contributed by atoms with Crippen LogP contribution in [-0.2, 0) is 6.54 Å². The predicted octanol–water partition coefficient (Wildman–Crippen LogP) is 3.47. The van der Waals surface area contributed by atoms with Crippen LogP contribution in [-0.4, -0.2) is 16.1 Å². The van der Waals surface area contributed by atoms with Gasteiger partial charge in [-0.15, -0.1) is 0 Å². The fourth-order valence-corrected chi connectivity index (χ4v) is 2.42. The molecule has 0 unspecified atom stereocenters. The summed E-state index contributed by atoms with van der Waals surface area (Å²) in [7, 11) is 0. The van der Waals surface area contributed by atoms with E-state index in [9.17, 15) is 13.2 Å². The molecule has 3 rings (SSSR count). The molecular weight excluding hydrogens is 291 g/mol. The number of imidazole rings is 1. The Morgan fingerprint density at radius 2 is 1.68 bits per heavy atom. The summed E-state index contributed by atoms with van der Waals surface area (Å²) in [5.41, 5.74) is 7.06. The van der Waals surface area contributed by atoms with Crippen molar-refractivity contribution in [3.63, 3.8) is 0 Å². The molecule has 0 fully saturated rings. The predicted molar refractivity (Wildman–Crippen MR) is 78.7 cm³/mol. The van der Waals surface area contributed by atoms with Gasteiger partial charge in [-0.25, -0.2) is 18.2 Å². The van der Waals surface area contributed by atoms with E-state index in [4.69, 9.17) is 5.73 Å². The van der Waals surface area contributed by atoms with Gasteiger partial charge >= 0.3 is 0 Å². The number of hydrogen-bond acceptors (Lipinski definition) is 2. The van der Waals surface area contributed by atoms with Crippen molar-refractivity contribution in [2.45, 2.75) is 13.0 Å². The van der Waals surface area contributed by atoms with E-state index in [-0.39, 0.29) is 5.82 Å². The van der Waals surface area contributed by atoms with Crippen LogP contribution in [0.1, 0.15) is 6.42 Å². The normalized spacial score (nSPS) is 11.3. The van der Waals surface area contributed by atoms with Crippen LogP contribution in [0.2, 0.25) is 0 Å². The summed E-state index contributed by atoms with van der Waals surface area (Å²) in [6.07, 6.45) is 0.665. The zero-order valence-corrected chi connectivity index (χ0v) is 11.7. The molecule has 2 aromatic carbocycles. The first kappa shape index (κ1) is 14.6. The maximum Gasteiger partial charge on any atom is 0.161 e. The zero-order chi connectivity index (χ0) is 15.7. The highest BCUT2D eigenvalue weighted by atomic mass is 19.2. The molecule has 22 heavy (non-hydrogen) atoms. The molecule has 3 aromatic rings. The van der Waals surface area contributed by atoms with Crippen LogP contribution >= 0.6 is 0 Å². The van der Waals surface area contributed by atoms with Gasteiger partial charge in [0.15, 0.2) is 11.6 Å². The molecule has 0 bridgehead atoms. The number of aryl methyl sites for hydroxylation is 1. The lowest BCUT2D eigenvalue weighted by molar-refractivity contribution is 0.510. The van der Waals surface area contributed by atoms with Gasteiger partial charge in [0.1, 0.15) is 11.6 Å². The highest BCUT2D eigenvalue weighted by Crippen LogP contribution is 2.27. The van der Waals surface area contributed by atoms with E-state index in [1.54, 1.807) is 16.7 Å². The smallest absolute Gasteiger partial charge is 0.161 e. The quantitative estimate of drug-likeness (QED) is 0.802. The SMILES string of the molecule is NCCCn1c(-c2ccc(F)cc2)nc2cc(F)c(F)cc21. The summed E-state index contributed by atoms with van der Waals surface area (Å²) in [5.74, 6) is -1.69. The summed E-state index contributed by atoms with van der Waals surface area (Å²) in [5, 5.41) is 0. The minimum atomic E-state index is -0.943. The highest BCUT2D eigenvalue weighted by Gasteiger charge is 2.15. The van der Waals surface area contributed by atoms with E-state index in [0.717, 1.165) is 12.1 Å². The molecule has 1 aromatic heterocycles. The average molecular weight is 305 g/mol. The first-order chi connectivity index (χ1) is 10.6. The molecule has 0 atom stereocenters. The van der Waals surface area contributed by atoms with Gasteiger partial charge in [-0.2, -0.15) is 0 Å². The summed E-state index contributed by atoms with van der Waals surface area (Å²) in [6, 6.07) is 8.01.